The van der Waals surface area contributed by atoms with Gasteiger partial charge >= 0.3 is 5.97 Å². The molecule has 0 radical (unpaired) electrons. The van der Waals surface area contributed by atoms with E-state index >= 15 is 0 Å². The molecular formula is C35H62N12O6. The minimum absolute atomic E-state index is 0. The van der Waals surface area contributed by atoms with E-state index in [1.807, 2.05) is 39.9 Å². The molecule has 0 aromatic rings. The van der Waals surface area contributed by atoms with Crippen LogP contribution in [-0.2, 0) is 28.7 Å². The average Bonchev–Trinajstić information content (AvgIpc) is 3.62. The molecule has 0 aliphatic carbocycles. The van der Waals surface area contributed by atoms with Crippen LogP contribution < -0.4 is 11.1 Å². The Morgan fingerprint density at radius 1 is 0.811 bits per heavy atom. The number of esters is 1. The summed E-state index contributed by atoms with van der Waals surface area (Å²) in [7, 11) is 12.5. The molecule has 0 aromatic heterocycles. The molecular weight excluding hydrogens is 684 g/mol. The monoisotopic (exact) mass is 746 g/mol. The zero-order valence-corrected chi connectivity index (χ0v) is 32.3. The number of amides is 3. The van der Waals surface area contributed by atoms with Crippen molar-refractivity contribution in [3.05, 3.63) is 0 Å². The molecule has 298 valence electrons. The number of ether oxygens (including phenoxy) is 1. The number of hydrogen-bond acceptors (Lipinski definition) is 14. The number of hydrogen-bond donors (Lipinski definition) is 3. The van der Waals surface area contributed by atoms with Crippen LogP contribution in [0.4, 0.5) is 0 Å². The Kier molecular flexibility index (Phi) is 16.4. The molecule has 4 unspecified atom stereocenters. The first-order valence-corrected chi connectivity index (χ1v) is 17.6. The number of nitrogens with zero attached hydrogens (tertiary/aromatic N) is 9. The number of ketones is 1. The van der Waals surface area contributed by atoms with Gasteiger partial charge in [0, 0.05) is 99.2 Å². The third-order valence-corrected chi connectivity index (χ3v) is 10.3. The van der Waals surface area contributed by atoms with Crippen molar-refractivity contribution in [3.63, 3.8) is 0 Å². The highest BCUT2D eigenvalue weighted by Gasteiger charge is 2.48. The van der Waals surface area contributed by atoms with Gasteiger partial charge in [-0.05, 0) is 35.0 Å². The Morgan fingerprint density at radius 2 is 1.34 bits per heavy atom. The number of rotatable bonds is 1. The SMILES string of the molecule is C.CN1CCC2=NN(C)C(=O)C2(C)C1.CN1CCC2=NN(C)C(=O)C2C1.CN1N=C2CCNCC2(C)C1=O.COC(=O)C1CN(C)CCC1=O.N=CN. The fourth-order valence-electron chi connectivity index (χ4n) is 7.21. The van der Waals surface area contributed by atoms with E-state index in [-0.39, 0.29) is 47.7 Å². The summed E-state index contributed by atoms with van der Waals surface area (Å²) in [5, 5.41) is 26.2. The number of nitrogens with two attached hydrogens (primary N) is 1. The van der Waals surface area contributed by atoms with Crippen molar-refractivity contribution >= 4 is 52.9 Å². The Hall–Kier alpha value is -4.13. The lowest BCUT2D eigenvalue weighted by molar-refractivity contribution is -0.151. The predicted molar refractivity (Wildman–Crippen MR) is 204 cm³/mol. The van der Waals surface area contributed by atoms with Gasteiger partial charge in [0.05, 0.1) is 36.5 Å². The molecule has 7 rings (SSSR count). The van der Waals surface area contributed by atoms with Gasteiger partial charge in [0.15, 0.2) is 0 Å². The second-order valence-corrected chi connectivity index (χ2v) is 14.6. The summed E-state index contributed by atoms with van der Waals surface area (Å²) in [5.74, 6) is -0.524. The van der Waals surface area contributed by atoms with Crippen LogP contribution in [0.25, 0.3) is 0 Å². The number of Topliss-reactive ketones (excluding diaryl/α,β-unsaturated/α-hetero) is 1. The highest BCUT2D eigenvalue weighted by atomic mass is 16.5. The molecule has 53 heavy (non-hydrogen) atoms. The molecule has 4 saturated heterocycles. The first-order chi connectivity index (χ1) is 24.4. The molecule has 4 fully saturated rings. The third kappa shape index (κ3) is 10.5. The lowest BCUT2D eigenvalue weighted by Gasteiger charge is -2.34. The van der Waals surface area contributed by atoms with Crippen molar-refractivity contribution in [1.29, 1.82) is 5.41 Å². The van der Waals surface area contributed by atoms with Gasteiger partial charge in [0.25, 0.3) is 17.7 Å². The number of methoxy groups -OCH3 is 1. The van der Waals surface area contributed by atoms with E-state index in [0.29, 0.717) is 13.0 Å². The molecule has 7 aliphatic heterocycles. The van der Waals surface area contributed by atoms with Crippen LogP contribution >= 0.6 is 0 Å². The Morgan fingerprint density at radius 3 is 1.92 bits per heavy atom. The summed E-state index contributed by atoms with van der Waals surface area (Å²) in [5.41, 5.74) is 6.85. The molecule has 0 spiro atoms. The second-order valence-electron chi connectivity index (χ2n) is 14.6. The fraction of sp³-hybridized carbons (Fsp3) is 0.743. The molecule has 7 heterocycles. The summed E-state index contributed by atoms with van der Waals surface area (Å²) in [6.45, 7) is 10.5. The molecule has 18 heteroatoms. The Labute approximate surface area is 314 Å². The number of likely N-dealkylation sites (tertiary alicyclic amines) is 3. The maximum Gasteiger partial charge on any atom is 0.317 e. The number of piperidine rings is 4. The van der Waals surface area contributed by atoms with Crippen LogP contribution in [0.1, 0.15) is 47.0 Å². The van der Waals surface area contributed by atoms with E-state index in [2.05, 4.69) is 40.9 Å². The smallest absolute Gasteiger partial charge is 0.317 e. The summed E-state index contributed by atoms with van der Waals surface area (Å²) < 4.78 is 4.52. The molecule has 4 N–H and O–H groups in total. The van der Waals surface area contributed by atoms with E-state index in [1.165, 1.54) is 22.1 Å². The van der Waals surface area contributed by atoms with Crippen molar-refractivity contribution in [2.24, 2.45) is 43.7 Å². The standard InChI is InChI=1S/C9H15N3O.2C8H13N3O.C8H13NO3.CH4N2.CH4/c1-9-6-11(2)5-4-7(9)10-12(3)8(9)13;1-10-4-3-7-6(5-10)8(12)11(2)9-7;1-8-5-9-4-3-6(8)10-11(2)7(8)12;1-9-4-3-7(10)6(5-9)8(11)12-2;2-1-3;/h4-6H2,1-3H3;6H,3-5H2,1-2H3;9H,3-5H2,1-2H3;6H,3-5H2,1-2H3;1H,(H3,2,3);1H4. The van der Waals surface area contributed by atoms with Crippen LogP contribution in [0.15, 0.2) is 15.3 Å². The van der Waals surface area contributed by atoms with Crippen LogP contribution in [-0.4, -0.2) is 184 Å². The van der Waals surface area contributed by atoms with E-state index in [4.69, 9.17) is 5.41 Å². The van der Waals surface area contributed by atoms with Gasteiger partial charge in [-0.25, -0.2) is 15.0 Å². The summed E-state index contributed by atoms with van der Waals surface area (Å²) in [6.07, 6.45) is 3.96. The van der Waals surface area contributed by atoms with Crippen LogP contribution in [0.5, 0.6) is 0 Å². The number of carbonyl (C=O) groups is 5. The van der Waals surface area contributed by atoms with Gasteiger partial charge in [-0.3, -0.25) is 29.4 Å². The normalized spacial score (nSPS) is 29.4. The second kappa shape index (κ2) is 19.3. The Balaban J connectivity index is 0.000000237. The molecule has 0 bridgehead atoms. The fourth-order valence-corrected chi connectivity index (χ4v) is 7.21. The summed E-state index contributed by atoms with van der Waals surface area (Å²) in [4.78, 5) is 63.5. The maximum absolute atomic E-state index is 11.8. The van der Waals surface area contributed by atoms with E-state index in [9.17, 15) is 24.0 Å². The first-order valence-electron chi connectivity index (χ1n) is 17.6. The van der Waals surface area contributed by atoms with Crippen molar-refractivity contribution < 1.29 is 28.7 Å². The van der Waals surface area contributed by atoms with E-state index in [1.54, 1.807) is 21.1 Å². The maximum atomic E-state index is 11.8. The third-order valence-electron chi connectivity index (χ3n) is 10.3. The van der Waals surface area contributed by atoms with Gasteiger partial charge in [-0.2, -0.15) is 15.3 Å². The first kappa shape index (κ1) is 45.0. The number of hydrazone groups is 3. The quantitative estimate of drug-likeness (QED) is 0.136. The molecule has 7 aliphatic rings. The number of nitrogens with one attached hydrogen (secondary N) is 2. The van der Waals surface area contributed by atoms with Gasteiger partial charge in [0.1, 0.15) is 22.5 Å². The van der Waals surface area contributed by atoms with Gasteiger partial charge in [-0.1, -0.05) is 7.43 Å². The van der Waals surface area contributed by atoms with Crippen molar-refractivity contribution in [3.8, 4) is 0 Å². The van der Waals surface area contributed by atoms with E-state index in [0.717, 1.165) is 88.5 Å². The minimum atomic E-state index is -0.561. The van der Waals surface area contributed by atoms with Gasteiger partial charge in [0.2, 0.25) is 0 Å². The van der Waals surface area contributed by atoms with E-state index < -0.39 is 11.9 Å². The molecule has 0 aromatic carbocycles. The molecule has 4 atom stereocenters. The number of fused-ring (bicyclic) bond motifs is 3. The molecule has 3 amide bonds. The van der Waals surface area contributed by atoms with Gasteiger partial charge in [-0.15, -0.1) is 0 Å². The largest absolute Gasteiger partial charge is 0.468 e. The van der Waals surface area contributed by atoms with Gasteiger partial charge < -0.3 is 30.5 Å². The summed E-state index contributed by atoms with van der Waals surface area (Å²) in [6, 6.07) is 0. The summed E-state index contributed by atoms with van der Waals surface area (Å²) >= 11 is 0. The highest BCUT2D eigenvalue weighted by molar-refractivity contribution is 6.13. The van der Waals surface area contributed by atoms with Crippen molar-refractivity contribution in [2.45, 2.75) is 47.0 Å². The average molecular weight is 747 g/mol. The zero-order chi connectivity index (χ0) is 39.0. The van der Waals surface area contributed by atoms with Crippen molar-refractivity contribution in [1.82, 2.24) is 35.0 Å². The van der Waals surface area contributed by atoms with Crippen molar-refractivity contribution in [2.75, 3.05) is 102 Å². The Bertz CT molecular complexity index is 1460. The zero-order valence-electron chi connectivity index (χ0n) is 32.3. The van der Waals surface area contributed by atoms with Crippen LogP contribution in [0.3, 0.4) is 0 Å². The lowest BCUT2D eigenvalue weighted by atomic mass is 9.80. The predicted octanol–water partition coefficient (Wildman–Crippen LogP) is -0.395. The minimum Gasteiger partial charge on any atom is -0.468 e. The topological polar surface area (TPSA) is 213 Å². The number of carbonyl (C=O) groups excluding carboxylic acids is 5. The van der Waals surface area contributed by atoms with Crippen LogP contribution in [0.2, 0.25) is 0 Å². The molecule has 0 saturated carbocycles. The highest BCUT2D eigenvalue weighted by Crippen LogP contribution is 2.33. The molecule has 18 nitrogen and oxygen atoms in total. The lowest BCUT2D eigenvalue weighted by Crippen LogP contribution is -2.49. The van der Waals surface area contributed by atoms with Crippen LogP contribution in [0, 0.1) is 28.1 Å².